The number of benzene rings is 3. The van der Waals surface area contributed by atoms with Gasteiger partial charge in [-0.15, -0.1) is 0 Å². The van der Waals surface area contributed by atoms with Crippen LogP contribution in [0.15, 0.2) is 47.5 Å². The number of amides is 1. The lowest BCUT2D eigenvalue weighted by Crippen LogP contribution is -2.58. The van der Waals surface area contributed by atoms with Gasteiger partial charge in [-0.1, -0.05) is 27.7 Å². The van der Waals surface area contributed by atoms with Crippen LogP contribution in [-0.2, 0) is 38.5 Å². The van der Waals surface area contributed by atoms with Crippen LogP contribution in [-0.4, -0.2) is 88.3 Å². The molecule has 2 heterocycles. The summed E-state index contributed by atoms with van der Waals surface area (Å²) in [7, 11) is 0. The maximum Gasteiger partial charge on any atom is 0.417 e. The molecule has 0 spiro atoms. The van der Waals surface area contributed by atoms with Crippen molar-refractivity contribution < 1.29 is 50.2 Å². The lowest BCUT2D eigenvalue weighted by Gasteiger charge is -2.43. The first kappa shape index (κ1) is 49.8. The summed E-state index contributed by atoms with van der Waals surface area (Å²) in [6.45, 7) is 16.8. The van der Waals surface area contributed by atoms with E-state index >= 15 is 0 Å². The molecular formula is C45H48F6N6O5S2. The number of esters is 2. The Morgan fingerprint density at radius 3 is 2.16 bits per heavy atom. The minimum Gasteiger partial charge on any atom is -0.492 e. The van der Waals surface area contributed by atoms with E-state index in [1.807, 2.05) is 44.7 Å². The first-order valence-corrected chi connectivity index (χ1v) is 21.1. The quantitative estimate of drug-likeness (QED) is 0.0602. The molecule has 3 aromatic carbocycles. The van der Waals surface area contributed by atoms with Gasteiger partial charge in [0.25, 0.3) is 5.91 Å². The Balaban J connectivity index is 1.24. The molecule has 2 atom stereocenters. The molecule has 5 rings (SSSR count). The van der Waals surface area contributed by atoms with E-state index in [1.54, 1.807) is 24.8 Å². The van der Waals surface area contributed by atoms with Gasteiger partial charge in [-0.25, -0.2) is 4.79 Å². The number of halogens is 6. The van der Waals surface area contributed by atoms with Crippen molar-refractivity contribution in [2.75, 3.05) is 42.6 Å². The molecule has 0 unspecified atom stereocenters. The van der Waals surface area contributed by atoms with E-state index in [0.717, 1.165) is 28.7 Å². The van der Waals surface area contributed by atoms with Gasteiger partial charge in [0, 0.05) is 37.4 Å². The van der Waals surface area contributed by atoms with Crippen LogP contribution < -0.4 is 14.5 Å². The second-order valence-electron chi connectivity index (χ2n) is 17.3. The number of piperazine rings is 1. The van der Waals surface area contributed by atoms with Crippen LogP contribution >= 0.6 is 24.4 Å². The van der Waals surface area contributed by atoms with Crippen LogP contribution in [0.1, 0.15) is 99.1 Å². The van der Waals surface area contributed by atoms with Crippen molar-refractivity contribution in [2.24, 2.45) is 4.99 Å². The smallest absolute Gasteiger partial charge is 0.417 e. The number of carbonyl (C=O) groups excluding carboxylic acids is 3. The minimum atomic E-state index is -4.98. The molecule has 64 heavy (non-hydrogen) atoms. The summed E-state index contributed by atoms with van der Waals surface area (Å²) in [6, 6.07) is 9.95. The number of hydrogen-bond donors (Lipinski definition) is 0. The predicted octanol–water partition coefficient (Wildman–Crippen LogP) is 9.57. The van der Waals surface area contributed by atoms with Crippen LogP contribution in [0.5, 0.6) is 5.75 Å². The number of hydrogen-bond acceptors (Lipinski definition) is 11. The zero-order valence-corrected chi connectivity index (χ0v) is 38.4. The van der Waals surface area contributed by atoms with Gasteiger partial charge in [0.2, 0.25) is 0 Å². The lowest BCUT2D eigenvalue weighted by molar-refractivity contribution is -0.143. The SMILES string of the molecule is CCc1cc(N2C(=S)N(c3ccc(C#N)c(C(F)(F)F)c3)C(=O)C2(C)C)c(C)cc1OCCN1C[C@@H](C)N(CC(=O)OC(=O)c2ccc(N=C=S)c(C(C)(C)C)c2C(F)(F)F)[C@@H](C)C1. The van der Waals surface area contributed by atoms with E-state index in [9.17, 15) is 46.0 Å². The zero-order chi connectivity index (χ0) is 47.9. The van der Waals surface area contributed by atoms with E-state index < -0.39 is 63.4 Å². The van der Waals surface area contributed by atoms with Gasteiger partial charge >= 0.3 is 24.3 Å². The van der Waals surface area contributed by atoms with E-state index in [2.05, 4.69) is 27.3 Å². The number of thiocarbonyl (C=S) groups is 2. The summed E-state index contributed by atoms with van der Waals surface area (Å²) in [6.07, 6.45) is -9.29. The van der Waals surface area contributed by atoms with Crippen LogP contribution in [0.25, 0.3) is 0 Å². The average molecular weight is 931 g/mol. The van der Waals surface area contributed by atoms with Crippen LogP contribution in [0.2, 0.25) is 0 Å². The topological polar surface area (TPSA) is 119 Å². The largest absolute Gasteiger partial charge is 0.492 e. The number of aryl methyl sites for hydroxylation is 2. The number of alkyl halides is 6. The van der Waals surface area contributed by atoms with Gasteiger partial charge in [-0.3, -0.25) is 24.3 Å². The Kier molecular flexibility index (Phi) is 14.5. The van der Waals surface area contributed by atoms with Crippen molar-refractivity contribution in [2.45, 2.75) is 104 Å². The van der Waals surface area contributed by atoms with Crippen molar-refractivity contribution in [3.05, 3.63) is 81.4 Å². The number of carbonyl (C=O) groups is 3. The third-order valence-corrected chi connectivity index (χ3v) is 11.8. The molecule has 2 aliphatic heterocycles. The summed E-state index contributed by atoms with van der Waals surface area (Å²) in [5.74, 6) is -2.39. The molecular weight excluding hydrogens is 883 g/mol. The number of aliphatic imine (C=N–C) groups is 1. The number of nitrogens with zero attached hydrogens (tertiary/aromatic N) is 6. The minimum absolute atomic E-state index is 0.0252. The third kappa shape index (κ3) is 10.2. The van der Waals surface area contributed by atoms with Gasteiger partial charge in [-0.2, -0.15) is 36.6 Å². The molecule has 2 fully saturated rings. The number of nitriles is 1. The van der Waals surface area contributed by atoms with E-state index in [1.165, 1.54) is 32.9 Å². The first-order chi connectivity index (χ1) is 29.7. The highest BCUT2D eigenvalue weighted by atomic mass is 32.1. The number of anilines is 2. The fourth-order valence-electron chi connectivity index (χ4n) is 8.34. The lowest BCUT2D eigenvalue weighted by atomic mass is 9.80. The van der Waals surface area contributed by atoms with Crippen molar-refractivity contribution in [1.82, 2.24) is 9.80 Å². The summed E-state index contributed by atoms with van der Waals surface area (Å²) in [4.78, 5) is 50.5. The summed E-state index contributed by atoms with van der Waals surface area (Å²) in [5, 5.41) is 11.3. The maximum atomic E-state index is 14.5. The molecule has 0 N–H and O–H groups in total. The van der Waals surface area contributed by atoms with Crippen LogP contribution in [0, 0.1) is 18.3 Å². The Hall–Kier alpha value is -5.25. The van der Waals surface area contributed by atoms with Gasteiger partial charge in [0.1, 0.15) is 17.9 Å². The molecule has 0 aliphatic carbocycles. The molecule has 342 valence electrons. The molecule has 0 aromatic heterocycles. The Morgan fingerprint density at radius 2 is 1.61 bits per heavy atom. The van der Waals surface area contributed by atoms with Crippen LogP contribution in [0.3, 0.4) is 0 Å². The molecule has 0 bridgehead atoms. The van der Waals surface area contributed by atoms with E-state index in [-0.39, 0.29) is 47.3 Å². The molecule has 0 saturated carbocycles. The molecule has 3 aromatic rings. The van der Waals surface area contributed by atoms with Crippen LogP contribution in [0.4, 0.5) is 43.4 Å². The molecule has 11 nitrogen and oxygen atoms in total. The fraction of sp³-hybridized carbons (Fsp3) is 0.467. The molecule has 19 heteroatoms. The van der Waals surface area contributed by atoms with E-state index in [4.69, 9.17) is 21.7 Å². The number of ether oxygens (including phenoxy) is 2. The highest BCUT2D eigenvalue weighted by molar-refractivity contribution is 7.81. The Morgan fingerprint density at radius 1 is 0.969 bits per heavy atom. The second-order valence-corrected chi connectivity index (χ2v) is 17.9. The summed E-state index contributed by atoms with van der Waals surface area (Å²) < 4.78 is 96.4. The van der Waals surface area contributed by atoms with Crippen molar-refractivity contribution in [1.29, 1.82) is 5.26 Å². The third-order valence-electron chi connectivity index (χ3n) is 11.3. The summed E-state index contributed by atoms with van der Waals surface area (Å²) >= 11 is 10.4. The van der Waals surface area contributed by atoms with Crippen molar-refractivity contribution in [3.63, 3.8) is 0 Å². The zero-order valence-electron chi connectivity index (χ0n) is 36.7. The molecule has 1 amide bonds. The Labute approximate surface area is 378 Å². The molecule has 0 radical (unpaired) electrons. The highest BCUT2D eigenvalue weighted by Gasteiger charge is 2.51. The van der Waals surface area contributed by atoms with Crippen molar-refractivity contribution in [3.8, 4) is 11.8 Å². The standard InChI is InChI=1S/C45H48F6N6O5S2/c1-10-28-18-34(57-41(64)56(40(60)43(57,8)9)30-12-11-29(20-52)32(19-30)44(46,47)48)25(2)17-35(28)61-16-15-54-21-26(3)55(27(4)22-54)23-36(58)62-39(59)31-13-14-33(53-24-63)38(42(5,6)7)37(31)45(49,50)51/h11-14,17-19,26-27H,10,15-16,21-23H2,1-9H3/t26-,27+. The van der Waals surface area contributed by atoms with Gasteiger partial charge in [0.15, 0.2) is 5.11 Å². The molecule has 2 saturated heterocycles. The van der Waals surface area contributed by atoms with E-state index in [0.29, 0.717) is 43.1 Å². The molecule has 2 aliphatic rings. The number of isothiocyanates is 1. The van der Waals surface area contributed by atoms with Gasteiger partial charge in [-0.05, 0) is 130 Å². The monoisotopic (exact) mass is 930 g/mol. The normalized spacial score (nSPS) is 18.5. The first-order valence-electron chi connectivity index (χ1n) is 20.3. The number of rotatable bonds is 11. The maximum absolute atomic E-state index is 14.5. The van der Waals surface area contributed by atoms with Gasteiger partial charge in [0.05, 0.1) is 51.4 Å². The fourth-order valence-corrected chi connectivity index (χ4v) is 8.95. The van der Waals surface area contributed by atoms with Crippen molar-refractivity contribution >= 4 is 69.6 Å². The predicted molar refractivity (Wildman–Crippen MR) is 236 cm³/mol. The highest BCUT2D eigenvalue weighted by Crippen LogP contribution is 2.45. The van der Waals surface area contributed by atoms with Gasteiger partial charge < -0.3 is 14.4 Å². The summed E-state index contributed by atoms with van der Waals surface area (Å²) in [5.41, 5.74) is -4.66. The average Bonchev–Trinajstić information content (AvgIpc) is 3.36. The Bertz CT molecular complexity index is 2440. The second kappa shape index (κ2) is 18.7.